The third-order valence-electron chi connectivity index (χ3n) is 12.6. The van der Waals surface area contributed by atoms with Gasteiger partial charge in [-0.05, 0) is 93.3 Å². The maximum Gasteiger partial charge on any atom is 0.419 e. The van der Waals surface area contributed by atoms with E-state index in [0.29, 0.717) is 46.1 Å². The van der Waals surface area contributed by atoms with Gasteiger partial charge in [-0.2, -0.15) is 63.7 Å². The number of alkyl halides is 9. The Balaban J connectivity index is 0.000000187. The van der Waals surface area contributed by atoms with Crippen LogP contribution < -0.4 is 14.2 Å². The normalized spacial score (nSPS) is 11.8. The zero-order chi connectivity index (χ0) is 63.6. The molecule has 6 aromatic heterocycles. The quantitative estimate of drug-likeness (QED) is 0.0476. The zero-order valence-corrected chi connectivity index (χ0v) is 47.9. The molecule has 87 heavy (non-hydrogen) atoms. The standard InChI is InChI=1S/C20H20F3N5O.C19H17F3N4O4S.C18H15F3N4O2/c1-27(2)7-4-8-29-18-6-5-13(9-14(18)20(21,22)23)15-10-17-19(16(11-24)26-15)25-12-28(17)3;1-26-11-24-18-15(10-23)25-14(9-16(18)26)12-4-5-17(13(8-12)19(20,21)22)29-6-3-7-30-31(2,27)28;1-25-10-23-17-14(9-22)24-13(8-15(17)25)11-3-4-16(27-6-2-5-26)12(7-11)18(19,20)21/h5-6,9-10,12H,4,7-8H2,1-3H3;4-5,8-9,11H,3,6-7H2,1-2H3;3-4,7-8,10,26H,2,5-6H2,1H3. The second-order valence-electron chi connectivity index (χ2n) is 19.4. The van der Waals surface area contributed by atoms with Gasteiger partial charge in [-0.15, -0.1) is 0 Å². The second kappa shape index (κ2) is 27.3. The summed E-state index contributed by atoms with van der Waals surface area (Å²) in [6, 6.07) is 21.5. The molecule has 20 nitrogen and oxygen atoms in total. The maximum absolute atomic E-state index is 13.6. The Kier molecular flexibility index (Phi) is 20.4. The van der Waals surface area contributed by atoms with Crippen molar-refractivity contribution in [2.45, 2.75) is 37.8 Å². The van der Waals surface area contributed by atoms with Crippen LogP contribution in [0.1, 0.15) is 53.0 Å². The topological polar surface area (TPSA) is 258 Å². The van der Waals surface area contributed by atoms with E-state index >= 15 is 0 Å². The average Bonchev–Trinajstić information content (AvgIpc) is 2.02. The van der Waals surface area contributed by atoms with E-state index in [0.717, 1.165) is 30.5 Å². The molecular weight excluding hydrogens is 1180 g/mol. The van der Waals surface area contributed by atoms with Crippen molar-refractivity contribution in [3.8, 4) is 69.2 Å². The number of hydrogen-bond acceptors (Lipinski definition) is 17. The van der Waals surface area contributed by atoms with E-state index < -0.39 is 51.1 Å². The van der Waals surface area contributed by atoms with Gasteiger partial charge in [0.25, 0.3) is 10.1 Å². The number of nitrogens with zero attached hydrogens (tertiary/aromatic N) is 13. The Labute approximate surface area is 491 Å². The molecule has 9 aromatic rings. The Morgan fingerprint density at radius 3 is 1.13 bits per heavy atom. The molecule has 0 aliphatic heterocycles. The maximum atomic E-state index is 13.6. The van der Waals surface area contributed by atoms with Crippen molar-refractivity contribution in [1.29, 1.82) is 15.8 Å². The highest BCUT2D eigenvalue weighted by atomic mass is 32.2. The van der Waals surface area contributed by atoms with Gasteiger partial charge in [0, 0.05) is 63.8 Å². The minimum absolute atomic E-state index is 0.00728. The number of halogens is 9. The Morgan fingerprint density at radius 1 is 0.517 bits per heavy atom. The number of benzene rings is 3. The largest absolute Gasteiger partial charge is 0.493 e. The lowest BCUT2D eigenvalue weighted by Gasteiger charge is -2.16. The third kappa shape index (κ3) is 16.3. The summed E-state index contributed by atoms with van der Waals surface area (Å²) in [5, 5.41) is 36.7. The first kappa shape index (κ1) is 65.1. The Morgan fingerprint density at radius 2 is 0.839 bits per heavy atom. The van der Waals surface area contributed by atoms with E-state index in [4.69, 9.17) is 19.3 Å². The average molecular weight is 1230 g/mol. The van der Waals surface area contributed by atoms with Crippen LogP contribution >= 0.6 is 0 Å². The first-order valence-corrected chi connectivity index (χ1v) is 27.7. The van der Waals surface area contributed by atoms with E-state index in [9.17, 15) is 63.7 Å². The third-order valence-corrected chi connectivity index (χ3v) is 13.2. The summed E-state index contributed by atoms with van der Waals surface area (Å²) < 4.78 is 169. The number of fused-ring (bicyclic) bond motifs is 3. The number of aromatic nitrogens is 9. The van der Waals surface area contributed by atoms with E-state index in [1.807, 2.05) is 37.2 Å². The van der Waals surface area contributed by atoms with Crippen molar-refractivity contribution in [1.82, 2.24) is 48.5 Å². The minimum atomic E-state index is -4.71. The lowest BCUT2D eigenvalue weighted by molar-refractivity contribution is -0.139. The molecule has 0 fully saturated rings. The van der Waals surface area contributed by atoms with Crippen LogP contribution in [0, 0.1) is 34.0 Å². The molecule has 456 valence electrons. The number of rotatable bonds is 18. The summed E-state index contributed by atoms with van der Waals surface area (Å²) in [4.78, 5) is 26.7. The molecular formula is C57H52F9N13O7S. The van der Waals surface area contributed by atoms with Gasteiger partial charge < -0.3 is 37.9 Å². The lowest BCUT2D eigenvalue weighted by atomic mass is 10.1. The number of aliphatic hydroxyl groups excluding tert-OH is 1. The Bertz CT molecular complexity index is 4200. The molecule has 3 aromatic carbocycles. The number of ether oxygens (including phenoxy) is 3. The molecule has 0 radical (unpaired) electrons. The number of hydrogen-bond donors (Lipinski definition) is 1. The van der Waals surface area contributed by atoms with Crippen molar-refractivity contribution in [2.24, 2.45) is 21.1 Å². The van der Waals surface area contributed by atoms with Crippen LogP contribution in [0.25, 0.3) is 66.9 Å². The van der Waals surface area contributed by atoms with Gasteiger partial charge in [-0.1, -0.05) is 0 Å². The van der Waals surface area contributed by atoms with Crippen LogP contribution in [0.5, 0.6) is 17.2 Å². The van der Waals surface area contributed by atoms with Gasteiger partial charge in [0.05, 0.1) is 102 Å². The zero-order valence-electron chi connectivity index (χ0n) is 47.0. The molecule has 30 heteroatoms. The van der Waals surface area contributed by atoms with Crippen molar-refractivity contribution in [3.63, 3.8) is 0 Å². The van der Waals surface area contributed by atoms with Crippen LogP contribution in [0.2, 0.25) is 0 Å². The Hall–Kier alpha value is -9.41. The molecule has 0 saturated carbocycles. The van der Waals surface area contributed by atoms with E-state index in [2.05, 4.69) is 34.1 Å². The smallest absolute Gasteiger partial charge is 0.419 e. The van der Waals surface area contributed by atoms with Crippen molar-refractivity contribution in [3.05, 3.63) is 126 Å². The number of aryl methyl sites for hydroxylation is 3. The molecule has 1 N–H and O–H groups in total. The predicted molar refractivity (Wildman–Crippen MR) is 298 cm³/mol. The van der Waals surface area contributed by atoms with Gasteiger partial charge in [0.2, 0.25) is 0 Å². The van der Waals surface area contributed by atoms with Gasteiger partial charge in [-0.25, -0.2) is 29.9 Å². The number of aliphatic hydroxyl groups is 1. The van der Waals surface area contributed by atoms with Gasteiger partial charge in [0.1, 0.15) is 52.0 Å². The van der Waals surface area contributed by atoms with Gasteiger partial charge in [0.15, 0.2) is 17.1 Å². The van der Waals surface area contributed by atoms with E-state index in [1.165, 1.54) is 49.3 Å². The van der Waals surface area contributed by atoms with E-state index in [-0.39, 0.29) is 108 Å². The van der Waals surface area contributed by atoms with Crippen molar-refractivity contribution < 1.29 is 71.4 Å². The highest BCUT2D eigenvalue weighted by Crippen LogP contribution is 2.42. The van der Waals surface area contributed by atoms with Gasteiger partial charge in [-0.3, -0.25) is 4.18 Å². The fourth-order valence-corrected chi connectivity index (χ4v) is 8.85. The first-order chi connectivity index (χ1) is 41.0. The molecule has 6 heterocycles. The fraction of sp³-hybridized carbons (Fsp3) is 0.316. The van der Waals surface area contributed by atoms with Crippen molar-refractivity contribution in [2.75, 3.05) is 59.9 Å². The first-order valence-electron chi connectivity index (χ1n) is 25.8. The van der Waals surface area contributed by atoms with Crippen LogP contribution in [0.4, 0.5) is 39.5 Å². The summed E-state index contributed by atoms with van der Waals surface area (Å²) in [6.07, 6.45) is -7.59. The second-order valence-corrected chi connectivity index (χ2v) is 21.0. The number of imidazole rings is 3. The summed E-state index contributed by atoms with van der Waals surface area (Å²) in [6.45, 7) is 0.310. The van der Waals surface area contributed by atoms with Crippen molar-refractivity contribution >= 4 is 43.2 Å². The fourth-order valence-electron chi connectivity index (χ4n) is 8.43. The molecule has 0 amide bonds. The van der Waals surface area contributed by atoms with Crippen LogP contribution in [0.3, 0.4) is 0 Å². The predicted octanol–water partition coefficient (Wildman–Crippen LogP) is 10.4. The van der Waals surface area contributed by atoms with Crippen LogP contribution in [-0.4, -0.2) is 122 Å². The molecule has 0 aliphatic carbocycles. The van der Waals surface area contributed by atoms with Crippen LogP contribution in [-0.2, 0) is 54.0 Å². The number of nitriles is 3. The lowest BCUT2D eigenvalue weighted by Crippen LogP contribution is -2.16. The molecule has 0 unspecified atom stereocenters. The minimum Gasteiger partial charge on any atom is -0.493 e. The summed E-state index contributed by atoms with van der Waals surface area (Å²) in [5.41, 5.74) is 1.51. The van der Waals surface area contributed by atoms with Gasteiger partial charge >= 0.3 is 18.5 Å². The number of pyridine rings is 3. The summed E-state index contributed by atoms with van der Waals surface area (Å²) in [5.74, 6) is -0.943. The van der Waals surface area contributed by atoms with E-state index in [1.54, 1.807) is 53.0 Å². The highest BCUT2D eigenvalue weighted by molar-refractivity contribution is 7.85. The monoisotopic (exact) mass is 1230 g/mol. The SMILES string of the molecule is CN(C)CCCOc1ccc(-c2cc3c(ncn3C)c(C#N)n2)cc1C(F)(F)F.Cn1cnc2c(C#N)nc(-c3ccc(OCCCO)c(C(F)(F)F)c3)cc21.Cn1cnc2c(C#N)nc(-c3ccc(OCCCOS(C)(=O)=O)c(C(F)(F)F)c3)cc21. The summed E-state index contributed by atoms with van der Waals surface area (Å²) in [7, 11) is 5.31. The molecule has 0 saturated heterocycles. The highest BCUT2D eigenvalue weighted by Gasteiger charge is 2.37. The molecule has 0 aliphatic rings. The van der Waals surface area contributed by atoms with Crippen LogP contribution in [0.15, 0.2) is 91.8 Å². The summed E-state index contributed by atoms with van der Waals surface area (Å²) >= 11 is 0. The molecule has 9 rings (SSSR count). The molecule has 0 spiro atoms. The molecule has 0 bridgehead atoms. The molecule has 0 atom stereocenters.